The Morgan fingerprint density at radius 1 is 1.36 bits per heavy atom. The van der Waals surface area contributed by atoms with Crippen molar-refractivity contribution in [1.82, 2.24) is 10.2 Å². The number of nitrogens with one attached hydrogen (secondary N) is 2. The van der Waals surface area contributed by atoms with Gasteiger partial charge in [-0.05, 0) is 45.5 Å². The van der Waals surface area contributed by atoms with Crippen molar-refractivity contribution in [2.75, 3.05) is 33.8 Å². The molecule has 9 heteroatoms. The molecule has 3 rings (SSSR count). The summed E-state index contributed by atoms with van der Waals surface area (Å²) in [7, 11) is 4.05. The zero-order valence-corrected chi connectivity index (χ0v) is 19.6. The second kappa shape index (κ2) is 10.7. The van der Waals surface area contributed by atoms with Gasteiger partial charge in [0.1, 0.15) is 12.4 Å². The van der Waals surface area contributed by atoms with E-state index in [9.17, 15) is 18.0 Å². The summed E-state index contributed by atoms with van der Waals surface area (Å²) in [6.45, 7) is 4.09. The Balaban J connectivity index is 1.66. The number of ether oxygens (including phenoxy) is 2. The van der Waals surface area contributed by atoms with Gasteiger partial charge >= 0.3 is 12.1 Å². The first-order valence-electron chi connectivity index (χ1n) is 11.2. The summed E-state index contributed by atoms with van der Waals surface area (Å²) < 4.78 is 48.0. The second-order valence-electron chi connectivity index (χ2n) is 9.07. The van der Waals surface area contributed by atoms with E-state index in [-0.39, 0.29) is 18.9 Å². The van der Waals surface area contributed by atoms with Crippen molar-refractivity contribution in [2.45, 2.75) is 51.5 Å². The quantitative estimate of drug-likeness (QED) is 0.625. The van der Waals surface area contributed by atoms with Crippen LogP contribution in [0.3, 0.4) is 0 Å². The maximum absolute atomic E-state index is 13.0. The van der Waals surface area contributed by atoms with Crippen molar-refractivity contribution in [3.63, 3.8) is 0 Å². The number of hydrogen-bond acceptors (Lipinski definition) is 5. The van der Waals surface area contributed by atoms with Gasteiger partial charge in [-0.25, -0.2) is 4.79 Å². The molecule has 1 amide bonds. The van der Waals surface area contributed by atoms with Crippen molar-refractivity contribution in [3.8, 4) is 0 Å². The molecule has 3 aliphatic rings. The van der Waals surface area contributed by atoms with Crippen LogP contribution in [0.25, 0.3) is 0 Å². The van der Waals surface area contributed by atoms with Gasteiger partial charge in [-0.2, -0.15) is 18.2 Å². The summed E-state index contributed by atoms with van der Waals surface area (Å²) >= 11 is 0. The predicted molar refractivity (Wildman–Crippen MR) is 119 cm³/mol. The Morgan fingerprint density at radius 3 is 2.82 bits per heavy atom. The minimum atomic E-state index is -4.37. The molecule has 1 heterocycles. The normalized spacial score (nSPS) is 28.0. The van der Waals surface area contributed by atoms with Gasteiger partial charge in [0.2, 0.25) is 6.10 Å². The van der Waals surface area contributed by atoms with Gasteiger partial charge in [-0.1, -0.05) is 24.6 Å². The zero-order valence-electron chi connectivity index (χ0n) is 19.6. The Labute approximate surface area is 192 Å². The number of carbonyl (C=O) groups excluding carboxylic acids is 1. The van der Waals surface area contributed by atoms with E-state index in [2.05, 4.69) is 41.2 Å². The third-order valence-electron chi connectivity index (χ3n) is 5.92. The average molecular weight is 469 g/mol. The summed E-state index contributed by atoms with van der Waals surface area (Å²) in [6, 6.07) is 0. The van der Waals surface area contributed by atoms with E-state index in [4.69, 9.17) is 9.47 Å². The molecule has 0 fully saturated rings. The highest BCUT2D eigenvalue weighted by Crippen LogP contribution is 2.27. The summed E-state index contributed by atoms with van der Waals surface area (Å²) in [6.07, 6.45) is 3.45. The summed E-state index contributed by atoms with van der Waals surface area (Å²) in [5.41, 5.74) is 3.85. The van der Waals surface area contributed by atoms with Crippen LogP contribution in [0.1, 0.15) is 33.1 Å². The fourth-order valence-electron chi connectivity index (χ4n) is 3.88. The van der Waals surface area contributed by atoms with Crippen LogP contribution in [0.4, 0.5) is 13.2 Å². The predicted octanol–water partition coefficient (Wildman–Crippen LogP) is 2.01. The molecular formula is C24H33F3N3O3+. The number of hydrogen-bond donors (Lipinski definition) is 2. The van der Waals surface area contributed by atoms with Crippen LogP contribution < -0.4 is 10.3 Å². The number of alkyl halides is 3. The first kappa shape index (κ1) is 25.2. The van der Waals surface area contributed by atoms with Crippen molar-refractivity contribution < 1.29 is 32.4 Å². The Bertz CT molecular complexity index is 900. The molecule has 0 saturated carbocycles. The van der Waals surface area contributed by atoms with Crippen molar-refractivity contribution in [1.29, 1.82) is 0 Å². The van der Waals surface area contributed by atoms with Crippen molar-refractivity contribution in [2.24, 2.45) is 5.92 Å². The second-order valence-corrected chi connectivity index (χ2v) is 9.07. The smallest absolute Gasteiger partial charge is 0.428 e. The van der Waals surface area contributed by atoms with E-state index in [1.165, 1.54) is 11.6 Å². The molecule has 33 heavy (non-hydrogen) atoms. The lowest BCUT2D eigenvalue weighted by Gasteiger charge is -2.30. The van der Waals surface area contributed by atoms with Gasteiger partial charge in [0.15, 0.2) is 5.71 Å². The van der Waals surface area contributed by atoms with Gasteiger partial charge in [0.05, 0.1) is 18.3 Å². The molecule has 2 aliphatic carbocycles. The first-order valence-corrected chi connectivity index (χ1v) is 11.2. The molecular weight excluding hydrogens is 435 g/mol. The minimum Gasteiger partial charge on any atom is -0.472 e. The highest BCUT2D eigenvalue weighted by Gasteiger charge is 2.35. The maximum Gasteiger partial charge on any atom is 0.428 e. The van der Waals surface area contributed by atoms with Crippen molar-refractivity contribution in [3.05, 3.63) is 46.9 Å². The highest BCUT2D eigenvalue weighted by molar-refractivity contribution is 6.02. The molecule has 3 unspecified atom stereocenters. The molecule has 0 radical (unpaired) electrons. The Hall–Kier alpha value is -2.39. The van der Waals surface area contributed by atoms with Crippen LogP contribution in [0.5, 0.6) is 0 Å². The van der Waals surface area contributed by atoms with E-state index in [1.54, 1.807) is 6.08 Å². The number of rotatable bonds is 6. The average Bonchev–Trinajstić information content (AvgIpc) is 2.74. The highest BCUT2D eigenvalue weighted by atomic mass is 19.4. The molecule has 0 aromatic rings. The van der Waals surface area contributed by atoms with Crippen LogP contribution in [0, 0.1) is 5.92 Å². The fraction of sp³-hybridized carbons (Fsp3) is 0.583. The topological polar surface area (TPSA) is 64.8 Å². The molecule has 182 valence electrons. The van der Waals surface area contributed by atoms with Gasteiger partial charge in [-0.3, -0.25) is 0 Å². The van der Waals surface area contributed by atoms with Crippen LogP contribution in [-0.4, -0.2) is 68.7 Å². The van der Waals surface area contributed by atoms with E-state index >= 15 is 0 Å². The van der Waals surface area contributed by atoms with Crippen LogP contribution in [0.2, 0.25) is 0 Å². The van der Waals surface area contributed by atoms with E-state index < -0.39 is 25.0 Å². The molecule has 0 aromatic carbocycles. The number of allylic oxidation sites excluding steroid dienone is 4. The van der Waals surface area contributed by atoms with Crippen LogP contribution in [0.15, 0.2) is 46.9 Å². The monoisotopic (exact) mass is 468 g/mol. The molecule has 0 saturated heterocycles. The molecule has 1 aliphatic heterocycles. The SMILES string of the molecule is CC1=CC(=CCCN(C)C)C(=[NH+]C(=O)C2CNC3=C(C=CC(OCC(F)(F)F)C3)O2)CC1C. The van der Waals surface area contributed by atoms with Crippen molar-refractivity contribution >= 4 is 11.6 Å². The Kier molecular flexibility index (Phi) is 8.18. The molecule has 6 nitrogen and oxygen atoms in total. The van der Waals surface area contributed by atoms with Gasteiger partial charge in [-0.15, -0.1) is 0 Å². The lowest BCUT2D eigenvalue weighted by Crippen LogP contribution is -2.82. The van der Waals surface area contributed by atoms with Crippen LogP contribution >= 0.6 is 0 Å². The van der Waals surface area contributed by atoms with E-state index in [1.807, 2.05) is 14.1 Å². The number of carbonyl (C=O) groups is 1. The van der Waals surface area contributed by atoms with Gasteiger partial charge in [0, 0.05) is 25.0 Å². The summed E-state index contributed by atoms with van der Waals surface area (Å²) in [4.78, 5) is 18.2. The molecule has 0 aromatic heterocycles. The molecule has 2 N–H and O–H groups in total. The number of amides is 1. The fourth-order valence-corrected chi connectivity index (χ4v) is 3.88. The zero-order chi connectivity index (χ0) is 24.2. The first-order chi connectivity index (χ1) is 15.5. The standard InChI is InChI=1S/C24H32F3N3O3/c1-15-10-17(6-5-9-30(3)4)19(11-16(15)2)29-23(31)22-13-28-20-12-18(7-8-21(20)33-22)32-14-24(25,26)27/h6-8,10,16,18,22,28H,5,9,11-14H2,1-4H3/p+1. The van der Waals surface area contributed by atoms with E-state index in [0.29, 0.717) is 17.4 Å². The lowest BCUT2D eigenvalue weighted by molar-refractivity contribution is -0.386. The lowest BCUT2D eigenvalue weighted by atomic mass is 9.85. The number of nitrogens with zero attached hydrogens (tertiary/aromatic N) is 1. The van der Waals surface area contributed by atoms with Gasteiger partial charge < -0.3 is 19.7 Å². The maximum atomic E-state index is 13.0. The molecule has 0 bridgehead atoms. The summed E-state index contributed by atoms with van der Waals surface area (Å²) in [5.74, 6) is 0.556. The number of halogens is 3. The molecule has 3 atom stereocenters. The van der Waals surface area contributed by atoms with Crippen LogP contribution in [-0.2, 0) is 14.3 Å². The third-order valence-corrected chi connectivity index (χ3v) is 5.92. The Morgan fingerprint density at radius 2 is 2.12 bits per heavy atom. The van der Waals surface area contributed by atoms with Gasteiger partial charge in [0.25, 0.3) is 0 Å². The largest absolute Gasteiger partial charge is 0.472 e. The third kappa shape index (κ3) is 7.30. The summed E-state index contributed by atoms with van der Waals surface area (Å²) in [5, 5.41) is 3.13. The van der Waals surface area contributed by atoms with E-state index in [0.717, 1.165) is 30.7 Å². The molecule has 0 spiro atoms. The minimum absolute atomic E-state index is 0.238.